The van der Waals surface area contributed by atoms with Gasteiger partial charge in [0.15, 0.2) is 6.61 Å². The first-order valence-electron chi connectivity index (χ1n) is 4.96. The van der Waals surface area contributed by atoms with E-state index in [4.69, 9.17) is 4.74 Å². The molecule has 1 aromatic rings. The van der Waals surface area contributed by atoms with Crippen LogP contribution < -0.4 is 4.74 Å². The molecule has 0 aromatic carbocycles. The molecule has 0 bridgehead atoms. The topological polar surface area (TPSA) is 61.3 Å². The molecule has 16 heavy (non-hydrogen) atoms. The van der Waals surface area contributed by atoms with Crippen LogP contribution in [0.1, 0.15) is 26.5 Å². The minimum atomic E-state index is -0.439. The molecule has 5 nitrogen and oxygen atoms in total. The summed E-state index contributed by atoms with van der Waals surface area (Å²) in [5.74, 6) is -0.0640. The quantitative estimate of drug-likeness (QED) is 0.725. The number of esters is 1. The van der Waals surface area contributed by atoms with Crippen molar-refractivity contribution in [2.45, 2.75) is 26.2 Å². The van der Waals surface area contributed by atoms with Gasteiger partial charge in [0, 0.05) is 17.8 Å². The molecule has 1 heterocycles. The van der Waals surface area contributed by atoms with E-state index in [-0.39, 0.29) is 12.0 Å². The first kappa shape index (κ1) is 12.4. The second kappa shape index (κ2) is 4.92. The van der Waals surface area contributed by atoms with Gasteiger partial charge >= 0.3 is 5.97 Å². The highest BCUT2D eigenvalue weighted by Crippen LogP contribution is 2.26. The lowest BCUT2D eigenvalue weighted by atomic mass is 9.92. The molecular weight excluding hydrogens is 208 g/mol. The molecule has 0 N–H and O–H groups in total. The zero-order valence-corrected chi connectivity index (χ0v) is 9.98. The summed E-state index contributed by atoms with van der Waals surface area (Å²) in [5.41, 5.74) is 0.540. The zero-order chi connectivity index (χ0) is 12.2. The Morgan fingerprint density at radius 1 is 1.31 bits per heavy atom. The van der Waals surface area contributed by atoms with Gasteiger partial charge in [0.25, 0.3) is 0 Å². The van der Waals surface area contributed by atoms with Crippen LogP contribution in [0.5, 0.6) is 5.88 Å². The van der Waals surface area contributed by atoms with Gasteiger partial charge in [0.05, 0.1) is 7.11 Å². The third-order valence-electron chi connectivity index (χ3n) is 1.93. The minimum absolute atomic E-state index is 0.154. The van der Waals surface area contributed by atoms with Crippen molar-refractivity contribution < 1.29 is 14.3 Å². The highest BCUT2D eigenvalue weighted by molar-refractivity contribution is 5.70. The Bertz CT molecular complexity index is 372. The lowest BCUT2D eigenvalue weighted by molar-refractivity contribution is -0.143. The van der Waals surface area contributed by atoms with E-state index in [9.17, 15) is 4.79 Å². The van der Waals surface area contributed by atoms with E-state index in [0.717, 1.165) is 5.69 Å². The van der Waals surface area contributed by atoms with E-state index in [1.165, 1.54) is 13.3 Å². The Morgan fingerprint density at radius 3 is 2.50 bits per heavy atom. The molecule has 0 fully saturated rings. The van der Waals surface area contributed by atoms with Crippen LogP contribution in [0.15, 0.2) is 12.4 Å². The van der Waals surface area contributed by atoms with Crippen LogP contribution in [-0.4, -0.2) is 29.7 Å². The van der Waals surface area contributed by atoms with E-state index in [0.29, 0.717) is 5.88 Å². The molecular formula is C11H16N2O3. The van der Waals surface area contributed by atoms with Crippen LogP contribution >= 0.6 is 0 Å². The highest BCUT2D eigenvalue weighted by Gasteiger charge is 2.22. The number of rotatable bonds is 3. The maximum absolute atomic E-state index is 11.0. The van der Waals surface area contributed by atoms with Crippen LogP contribution in [-0.2, 0) is 14.9 Å². The van der Waals surface area contributed by atoms with E-state index >= 15 is 0 Å². The van der Waals surface area contributed by atoms with E-state index in [1.54, 1.807) is 6.20 Å². The van der Waals surface area contributed by atoms with Crippen molar-refractivity contribution in [2.24, 2.45) is 0 Å². The van der Waals surface area contributed by atoms with E-state index in [2.05, 4.69) is 14.7 Å². The summed E-state index contributed by atoms with van der Waals surface area (Å²) in [6.45, 7) is 5.85. The van der Waals surface area contributed by atoms with Crippen molar-refractivity contribution in [3.8, 4) is 5.88 Å². The van der Waals surface area contributed by atoms with Crippen LogP contribution in [0.4, 0.5) is 0 Å². The van der Waals surface area contributed by atoms with Crippen molar-refractivity contribution in [3.63, 3.8) is 0 Å². The molecule has 0 spiro atoms. The number of carbonyl (C=O) groups excluding carboxylic acids is 1. The predicted octanol–water partition coefficient (Wildman–Crippen LogP) is 1.33. The molecule has 88 valence electrons. The van der Waals surface area contributed by atoms with Crippen LogP contribution in [0.25, 0.3) is 0 Å². The van der Waals surface area contributed by atoms with Gasteiger partial charge in [-0.1, -0.05) is 20.8 Å². The predicted molar refractivity (Wildman–Crippen MR) is 58.2 cm³/mol. The molecule has 0 unspecified atom stereocenters. The van der Waals surface area contributed by atoms with Crippen molar-refractivity contribution in [3.05, 3.63) is 18.1 Å². The monoisotopic (exact) mass is 224 g/mol. The summed E-state index contributed by atoms with van der Waals surface area (Å²) in [6, 6.07) is 0. The average molecular weight is 224 g/mol. The number of carbonyl (C=O) groups is 1. The Kier molecular flexibility index (Phi) is 3.82. The fourth-order valence-electron chi connectivity index (χ4n) is 1.13. The Hall–Kier alpha value is -1.65. The van der Waals surface area contributed by atoms with Crippen LogP contribution in [0.3, 0.4) is 0 Å². The smallest absolute Gasteiger partial charge is 0.343 e. The van der Waals surface area contributed by atoms with Crippen LogP contribution in [0.2, 0.25) is 0 Å². The van der Waals surface area contributed by atoms with Gasteiger partial charge < -0.3 is 9.47 Å². The normalized spacial score (nSPS) is 11.0. The number of hydrogen-bond acceptors (Lipinski definition) is 5. The third kappa shape index (κ3) is 3.18. The SMILES string of the molecule is COC(=O)COc1nccnc1C(C)(C)C. The Labute approximate surface area is 94.8 Å². The van der Waals surface area contributed by atoms with E-state index < -0.39 is 5.97 Å². The van der Waals surface area contributed by atoms with Gasteiger partial charge in [0.1, 0.15) is 5.69 Å². The van der Waals surface area contributed by atoms with Gasteiger partial charge in [-0.05, 0) is 0 Å². The molecule has 0 aliphatic carbocycles. The molecule has 0 radical (unpaired) electrons. The van der Waals surface area contributed by atoms with Gasteiger partial charge in [0.2, 0.25) is 5.88 Å². The molecule has 0 amide bonds. The van der Waals surface area contributed by atoms with Gasteiger partial charge in [-0.2, -0.15) is 0 Å². The molecule has 5 heteroatoms. The average Bonchev–Trinajstić information content (AvgIpc) is 2.25. The molecule has 1 rings (SSSR count). The largest absolute Gasteiger partial charge is 0.466 e. The number of nitrogens with zero attached hydrogens (tertiary/aromatic N) is 2. The number of ether oxygens (including phenoxy) is 2. The van der Waals surface area contributed by atoms with Crippen molar-refractivity contribution in [2.75, 3.05) is 13.7 Å². The summed E-state index contributed by atoms with van der Waals surface area (Å²) in [5, 5.41) is 0. The summed E-state index contributed by atoms with van der Waals surface area (Å²) in [7, 11) is 1.31. The van der Waals surface area contributed by atoms with Gasteiger partial charge in [-0.3, -0.25) is 4.98 Å². The maximum Gasteiger partial charge on any atom is 0.343 e. The van der Waals surface area contributed by atoms with Crippen molar-refractivity contribution in [1.29, 1.82) is 0 Å². The van der Waals surface area contributed by atoms with Crippen molar-refractivity contribution >= 4 is 5.97 Å². The summed E-state index contributed by atoms with van der Waals surface area (Å²) < 4.78 is 9.75. The summed E-state index contributed by atoms with van der Waals surface area (Å²) >= 11 is 0. The number of hydrogen-bond donors (Lipinski definition) is 0. The Balaban J connectivity index is 2.84. The number of methoxy groups -OCH3 is 1. The molecule has 0 aliphatic heterocycles. The fraction of sp³-hybridized carbons (Fsp3) is 0.545. The summed E-state index contributed by atoms with van der Waals surface area (Å²) in [6.07, 6.45) is 3.13. The molecule has 0 saturated heterocycles. The second-order valence-electron chi connectivity index (χ2n) is 4.32. The second-order valence-corrected chi connectivity index (χ2v) is 4.32. The van der Waals surface area contributed by atoms with Crippen molar-refractivity contribution in [1.82, 2.24) is 9.97 Å². The van der Waals surface area contributed by atoms with E-state index in [1.807, 2.05) is 20.8 Å². The zero-order valence-electron chi connectivity index (χ0n) is 9.98. The first-order chi connectivity index (χ1) is 7.45. The number of aromatic nitrogens is 2. The molecule has 0 aliphatic rings. The third-order valence-corrected chi connectivity index (χ3v) is 1.93. The fourth-order valence-corrected chi connectivity index (χ4v) is 1.13. The minimum Gasteiger partial charge on any atom is -0.466 e. The Morgan fingerprint density at radius 2 is 1.94 bits per heavy atom. The highest BCUT2D eigenvalue weighted by atomic mass is 16.6. The van der Waals surface area contributed by atoms with Gasteiger partial charge in [-0.25, -0.2) is 9.78 Å². The molecule has 1 aromatic heterocycles. The van der Waals surface area contributed by atoms with Gasteiger partial charge in [-0.15, -0.1) is 0 Å². The molecule has 0 atom stereocenters. The lowest BCUT2D eigenvalue weighted by Crippen LogP contribution is -2.19. The first-order valence-corrected chi connectivity index (χ1v) is 4.96. The maximum atomic E-state index is 11.0. The van der Waals surface area contributed by atoms with Crippen LogP contribution in [0, 0.1) is 0 Å². The lowest BCUT2D eigenvalue weighted by Gasteiger charge is -2.19. The standard InChI is InChI=1S/C11H16N2O3/c1-11(2,3)9-10(13-6-5-12-9)16-7-8(14)15-4/h5-6H,7H2,1-4H3. The summed E-state index contributed by atoms with van der Waals surface area (Å²) in [4.78, 5) is 19.2. The molecule has 0 saturated carbocycles.